The fourth-order valence-corrected chi connectivity index (χ4v) is 6.22. The summed E-state index contributed by atoms with van der Waals surface area (Å²) in [5.41, 5.74) is 1.59. The van der Waals surface area contributed by atoms with Crippen LogP contribution in [0.4, 0.5) is 13.2 Å². The quantitative estimate of drug-likeness (QED) is 0.285. The first-order valence-corrected chi connectivity index (χ1v) is 13.5. The van der Waals surface area contributed by atoms with E-state index in [1.807, 2.05) is 6.07 Å². The van der Waals surface area contributed by atoms with E-state index < -0.39 is 17.6 Å². The Hall–Kier alpha value is -2.34. The summed E-state index contributed by atoms with van der Waals surface area (Å²) in [4.78, 5) is 12.7. The smallest absolute Gasteiger partial charge is 0.341 e. The molecule has 2 aromatic carbocycles. The Morgan fingerprint density at radius 3 is 2.19 bits per heavy atom. The number of carbonyl (C=O) groups is 1. The average molecular weight is 501 g/mol. The minimum Gasteiger partial charge on any atom is -0.459 e. The first-order chi connectivity index (χ1) is 17.4. The molecule has 6 heteroatoms. The molecule has 2 aromatic rings. The first kappa shape index (κ1) is 25.3. The van der Waals surface area contributed by atoms with Crippen LogP contribution in [0.3, 0.4) is 0 Å². The molecule has 3 nitrogen and oxygen atoms in total. The Morgan fingerprint density at radius 2 is 1.56 bits per heavy atom. The maximum Gasteiger partial charge on any atom is 0.341 e. The minimum atomic E-state index is -1.10. The number of epoxide rings is 1. The molecule has 194 valence electrons. The largest absolute Gasteiger partial charge is 0.459 e. The average Bonchev–Trinajstić information content (AvgIpc) is 3.72. The number of esters is 1. The van der Waals surface area contributed by atoms with Gasteiger partial charge in [-0.25, -0.2) is 18.0 Å². The molecule has 0 radical (unpaired) electrons. The molecule has 1 aliphatic heterocycles. The molecule has 5 rings (SSSR count). The summed E-state index contributed by atoms with van der Waals surface area (Å²) in [6, 6.07) is 8.29. The van der Waals surface area contributed by atoms with Crippen molar-refractivity contribution in [2.45, 2.75) is 95.2 Å². The van der Waals surface area contributed by atoms with Crippen molar-refractivity contribution < 1.29 is 27.4 Å². The molecule has 1 heterocycles. The van der Waals surface area contributed by atoms with Gasteiger partial charge in [0.2, 0.25) is 0 Å². The van der Waals surface area contributed by atoms with Crippen LogP contribution < -0.4 is 0 Å². The summed E-state index contributed by atoms with van der Waals surface area (Å²) in [5, 5.41) is 0. The van der Waals surface area contributed by atoms with E-state index in [-0.39, 0.29) is 35.4 Å². The van der Waals surface area contributed by atoms with E-state index >= 15 is 0 Å². The molecule has 2 saturated carbocycles. The lowest BCUT2D eigenvalue weighted by Crippen LogP contribution is -2.25. The molecule has 0 N–H and O–H groups in total. The third-order valence-electron chi connectivity index (χ3n) is 8.44. The fourth-order valence-electron chi connectivity index (χ4n) is 6.22. The maximum atomic E-state index is 15.0. The van der Waals surface area contributed by atoms with Gasteiger partial charge in [0.05, 0.1) is 12.2 Å². The zero-order valence-corrected chi connectivity index (χ0v) is 20.9. The first-order valence-electron chi connectivity index (χ1n) is 13.5. The van der Waals surface area contributed by atoms with Crippen LogP contribution in [-0.4, -0.2) is 18.7 Å². The second kappa shape index (κ2) is 11.0. The fraction of sp³-hybridized carbons (Fsp3) is 0.567. The van der Waals surface area contributed by atoms with E-state index in [9.17, 15) is 18.0 Å². The van der Waals surface area contributed by atoms with Gasteiger partial charge in [0.1, 0.15) is 18.0 Å². The van der Waals surface area contributed by atoms with Crippen LogP contribution in [0.1, 0.15) is 116 Å². The van der Waals surface area contributed by atoms with E-state index in [0.29, 0.717) is 36.5 Å². The molecule has 3 fully saturated rings. The number of hydrogen-bond donors (Lipinski definition) is 0. The zero-order valence-electron chi connectivity index (χ0n) is 20.9. The summed E-state index contributed by atoms with van der Waals surface area (Å²) in [5.74, 6) is -2.19. The molecule has 2 aliphatic carbocycles. The van der Waals surface area contributed by atoms with Crippen LogP contribution in [0.25, 0.3) is 0 Å². The van der Waals surface area contributed by atoms with Gasteiger partial charge in [0, 0.05) is 5.56 Å². The summed E-state index contributed by atoms with van der Waals surface area (Å²) >= 11 is 0. The Morgan fingerprint density at radius 1 is 0.889 bits per heavy atom. The number of carbonyl (C=O) groups excluding carboxylic acids is 1. The highest BCUT2D eigenvalue weighted by Crippen LogP contribution is 2.40. The normalized spacial score (nSPS) is 28.1. The molecule has 1 unspecified atom stereocenters. The maximum absolute atomic E-state index is 15.0. The number of ether oxygens (including phenoxy) is 2. The van der Waals surface area contributed by atoms with Gasteiger partial charge in [0.25, 0.3) is 0 Å². The molecule has 1 atom stereocenters. The highest BCUT2D eigenvalue weighted by atomic mass is 19.2. The molecule has 0 bridgehead atoms. The SMILES string of the molecule is CCCC1CCC(c2ccc(C(=O)OC3CCC(c4ccc(C5CO5)c(F)c4)CC3)c(F)c2F)CC1. The number of halogens is 3. The van der Waals surface area contributed by atoms with Crippen molar-refractivity contribution in [3.63, 3.8) is 0 Å². The lowest BCUT2D eigenvalue weighted by molar-refractivity contribution is 0.0189. The van der Waals surface area contributed by atoms with E-state index in [1.165, 1.54) is 12.5 Å². The number of rotatable bonds is 7. The van der Waals surface area contributed by atoms with E-state index in [1.54, 1.807) is 18.2 Å². The third kappa shape index (κ3) is 5.49. The number of hydrogen-bond acceptors (Lipinski definition) is 3. The van der Waals surface area contributed by atoms with Crippen molar-refractivity contribution >= 4 is 5.97 Å². The Kier molecular flexibility index (Phi) is 7.71. The molecule has 3 aliphatic rings. The lowest BCUT2D eigenvalue weighted by atomic mass is 9.77. The Bertz CT molecular complexity index is 1080. The summed E-state index contributed by atoms with van der Waals surface area (Å²) in [6.45, 7) is 2.75. The highest BCUT2D eigenvalue weighted by molar-refractivity contribution is 5.90. The van der Waals surface area contributed by atoms with Gasteiger partial charge in [-0.1, -0.05) is 38.0 Å². The molecule has 1 saturated heterocycles. The highest BCUT2D eigenvalue weighted by Gasteiger charge is 2.31. The summed E-state index contributed by atoms with van der Waals surface area (Å²) in [7, 11) is 0. The zero-order chi connectivity index (χ0) is 25.2. The predicted molar refractivity (Wildman–Crippen MR) is 131 cm³/mol. The van der Waals surface area contributed by atoms with Gasteiger partial charge in [-0.15, -0.1) is 0 Å². The lowest BCUT2D eigenvalue weighted by Gasteiger charge is -2.29. The summed E-state index contributed by atoms with van der Waals surface area (Å²) in [6.07, 6.45) is 8.36. The molecule has 0 amide bonds. The van der Waals surface area contributed by atoms with Crippen LogP contribution in [0.15, 0.2) is 30.3 Å². The Balaban J connectivity index is 1.16. The minimum absolute atomic E-state index is 0.00339. The van der Waals surface area contributed by atoms with Crippen LogP contribution >= 0.6 is 0 Å². The van der Waals surface area contributed by atoms with Crippen LogP contribution in [-0.2, 0) is 9.47 Å². The number of benzene rings is 2. The Labute approximate surface area is 211 Å². The van der Waals surface area contributed by atoms with E-state index in [2.05, 4.69) is 6.92 Å². The van der Waals surface area contributed by atoms with Gasteiger partial charge >= 0.3 is 5.97 Å². The van der Waals surface area contributed by atoms with Gasteiger partial charge in [0.15, 0.2) is 11.6 Å². The van der Waals surface area contributed by atoms with E-state index in [4.69, 9.17) is 9.47 Å². The molecule has 36 heavy (non-hydrogen) atoms. The monoisotopic (exact) mass is 500 g/mol. The van der Waals surface area contributed by atoms with Crippen molar-refractivity contribution in [2.75, 3.05) is 6.61 Å². The second-order valence-corrected chi connectivity index (χ2v) is 10.8. The molecular formula is C30H35F3O3. The van der Waals surface area contributed by atoms with Gasteiger partial charge in [-0.05, 0) is 92.4 Å². The van der Waals surface area contributed by atoms with Crippen molar-refractivity contribution in [2.24, 2.45) is 5.92 Å². The van der Waals surface area contributed by atoms with Gasteiger partial charge in [-0.2, -0.15) is 0 Å². The van der Waals surface area contributed by atoms with Crippen molar-refractivity contribution in [3.8, 4) is 0 Å². The van der Waals surface area contributed by atoms with Crippen LogP contribution in [0, 0.1) is 23.4 Å². The van der Waals surface area contributed by atoms with Gasteiger partial charge in [-0.3, -0.25) is 0 Å². The standard InChI is InChI=1S/C30H35F3O3/c1-2-3-18-4-6-20(7-5-18)23-14-15-25(29(33)28(23)32)30(34)36-22-11-8-19(9-12-22)21-10-13-24(26(31)16-21)27-17-35-27/h10,13-16,18-20,22,27H,2-9,11-12,17H2,1H3. The summed E-state index contributed by atoms with van der Waals surface area (Å²) < 4.78 is 55.0. The molecule has 0 spiro atoms. The molecular weight excluding hydrogens is 465 g/mol. The van der Waals surface area contributed by atoms with Gasteiger partial charge < -0.3 is 9.47 Å². The van der Waals surface area contributed by atoms with Crippen molar-refractivity contribution in [1.82, 2.24) is 0 Å². The van der Waals surface area contributed by atoms with Crippen LogP contribution in [0.2, 0.25) is 0 Å². The topological polar surface area (TPSA) is 38.8 Å². The van der Waals surface area contributed by atoms with Crippen LogP contribution in [0.5, 0.6) is 0 Å². The second-order valence-electron chi connectivity index (χ2n) is 10.8. The third-order valence-corrected chi connectivity index (χ3v) is 8.44. The van der Waals surface area contributed by atoms with Crippen molar-refractivity contribution in [1.29, 1.82) is 0 Å². The molecule has 0 aromatic heterocycles. The predicted octanol–water partition coefficient (Wildman–Crippen LogP) is 8.13. The van der Waals surface area contributed by atoms with E-state index in [0.717, 1.165) is 50.5 Å². The van der Waals surface area contributed by atoms with Crippen molar-refractivity contribution in [3.05, 3.63) is 70.0 Å².